The maximum Gasteiger partial charge on any atom is 0.390 e. The van der Waals surface area contributed by atoms with E-state index in [1.165, 1.54) is 0 Å². The summed E-state index contributed by atoms with van der Waals surface area (Å²) in [5.41, 5.74) is -0.236. The molecule has 0 aromatic heterocycles. The molecule has 0 fully saturated rings. The molecule has 0 spiro atoms. The van der Waals surface area contributed by atoms with Crippen molar-refractivity contribution in [3.63, 3.8) is 0 Å². The summed E-state index contributed by atoms with van der Waals surface area (Å²) in [6.07, 6.45) is -5.50. The third-order valence-corrected chi connectivity index (χ3v) is 1.72. The standard InChI is InChI=1S/C9H7F6N/c10-6-3-5(4-7(11)8(6)12)16-2-1-9(13,14)15/h3-4,16H,1-2H2. The van der Waals surface area contributed by atoms with Gasteiger partial charge in [-0.1, -0.05) is 0 Å². The smallest absolute Gasteiger partial charge is 0.385 e. The van der Waals surface area contributed by atoms with E-state index in [2.05, 4.69) is 5.32 Å². The van der Waals surface area contributed by atoms with Gasteiger partial charge in [-0.25, -0.2) is 13.2 Å². The second kappa shape index (κ2) is 4.63. The molecular weight excluding hydrogens is 236 g/mol. The number of nitrogens with one attached hydrogen (secondary N) is 1. The van der Waals surface area contributed by atoms with E-state index in [1.807, 2.05) is 0 Å². The highest BCUT2D eigenvalue weighted by Crippen LogP contribution is 2.21. The lowest BCUT2D eigenvalue weighted by Crippen LogP contribution is -2.14. The van der Waals surface area contributed by atoms with E-state index in [9.17, 15) is 26.3 Å². The summed E-state index contributed by atoms with van der Waals surface area (Å²) >= 11 is 0. The van der Waals surface area contributed by atoms with Crippen molar-refractivity contribution in [1.29, 1.82) is 0 Å². The number of alkyl halides is 3. The molecule has 1 N–H and O–H groups in total. The average molecular weight is 243 g/mol. The lowest BCUT2D eigenvalue weighted by molar-refractivity contribution is -0.131. The van der Waals surface area contributed by atoms with E-state index < -0.39 is 36.6 Å². The molecule has 1 aromatic carbocycles. The van der Waals surface area contributed by atoms with Gasteiger partial charge < -0.3 is 5.32 Å². The Morgan fingerprint density at radius 3 is 1.94 bits per heavy atom. The molecular formula is C9H7F6N. The van der Waals surface area contributed by atoms with Gasteiger partial charge >= 0.3 is 6.18 Å². The highest BCUT2D eigenvalue weighted by atomic mass is 19.4. The Kier molecular flexibility index (Phi) is 3.66. The van der Waals surface area contributed by atoms with E-state index in [0.717, 1.165) is 0 Å². The number of hydrogen-bond acceptors (Lipinski definition) is 1. The van der Waals surface area contributed by atoms with E-state index in [0.29, 0.717) is 12.1 Å². The number of hydrogen-bond donors (Lipinski definition) is 1. The molecule has 0 aliphatic heterocycles. The van der Waals surface area contributed by atoms with Crippen molar-refractivity contribution in [3.8, 4) is 0 Å². The van der Waals surface area contributed by atoms with Gasteiger partial charge in [-0.05, 0) is 0 Å². The molecule has 0 saturated carbocycles. The van der Waals surface area contributed by atoms with Crippen LogP contribution in [-0.2, 0) is 0 Å². The predicted molar refractivity (Wildman–Crippen MR) is 45.5 cm³/mol. The lowest BCUT2D eigenvalue weighted by Gasteiger charge is -2.09. The molecule has 1 rings (SSSR count). The lowest BCUT2D eigenvalue weighted by atomic mass is 10.2. The summed E-state index contributed by atoms with van der Waals surface area (Å²) in [6, 6.07) is 1.18. The van der Waals surface area contributed by atoms with Crippen LogP contribution in [0.25, 0.3) is 0 Å². The normalized spacial score (nSPS) is 11.6. The van der Waals surface area contributed by atoms with Crippen LogP contribution < -0.4 is 5.32 Å². The zero-order chi connectivity index (χ0) is 12.3. The fourth-order valence-corrected chi connectivity index (χ4v) is 1.01. The maximum absolute atomic E-state index is 12.6. The third kappa shape index (κ3) is 3.63. The van der Waals surface area contributed by atoms with E-state index >= 15 is 0 Å². The number of halogens is 6. The summed E-state index contributed by atoms with van der Waals surface area (Å²) < 4.78 is 72.9. The van der Waals surface area contributed by atoms with Gasteiger partial charge in [-0.15, -0.1) is 0 Å². The molecule has 0 bridgehead atoms. The molecule has 0 aliphatic carbocycles. The van der Waals surface area contributed by atoms with E-state index in [4.69, 9.17) is 0 Å². The molecule has 0 saturated heterocycles. The van der Waals surface area contributed by atoms with Gasteiger partial charge in [-0.3, -0.25) is 0 Å². The van der Waals surface area contributed by atoms with Gasteiger partial charge in [-0.2, -0.15) is 13.2 Å². The first kappa shape index (κ1) is 12.7. The Bertz CT molecular complexity index is 350. The van der Waals surface area contributed by atoms with Crippen molar-refractivity contribution < 1.29 is 26.3 Å². The first-order valence-corrected chi connectivity index (χ1v) is 4.25. The monoisotopic (exact) mass is 243 g/mol. The maximum atomic E-state index is 12.6. The molecule has 1 nitrogen and oxygen atoms in total. The Hall–Kier alpha value is -1.40. The second-order valence-electron chi connectivity index (χ2n) is 3.05. The Balaban J connectivity index is 2.62. The summed E-state index contributed by atoms with van der Waals surface area (Å²) in [5, 5.41) is 2.14. The number of anilines is 1. The van der Waals surface area contributed by atoms with Crippen LogP contribution in [0.15, 0.2) is 12.1 Å². The SMILES string of the molecule is Fc1cc(NCCC(F)(F)F)cc(F)c1F. The van der Waals surface area contributed by atoms with Crippen LogP contribution in [0.5, 0.6) is 0 Å². The van der Waals surface area contributed by atoms with Crippen molar-refractivity contribution in [2.75, 3.05) is 11.9 Å². The van der Waals surface area contributed by atoms with Crippen molar-refractivity contribution >= 4 is 5.69 Å². The highest BCUT2D eigenvalue weighted by Gasteiger charge is 2.26. The minimum atomic E-state index is -4.36. The van der Waals surface area contributed by atoms with Crippen molar-refractivity contribution in [1.82, 2.24) is 0 Å². The average Bonchev–Trinajstić information content (AvgIpc) is 2.12. The summed E-state index contributed by atoms with van der Waals surface area (Å²) in [4.78, 5) is 0. The first-order chi connectivity index (χ1) is 7.29. The number of benzene rings is 1. The minimum absolute atomic E-state index is 0.236. The predicted octanol–water partition coefficient (Wildman–Crippen LogP) is 3.47. The fourth-order valence-electron chi connectivity index (χ4n) is 1.01. The molecule has 0 atom stereocenters. The molecule has 0 amide bonds. The van der Waals surface area contributed by atoms with Crippen molar-refractivity contribution in [3.05, 3.63) is 29.6 Å². The zero-order valence-electron chi connectivity index (χ0n) is 7.84. The van der Waals surface area contributed by atoms with Gasteiger partial charge in [0.05, 0.1) is 6.42 Å². The third-order valence-electron chi connectivity index (χ3n) is 1.72. The van der Waals surface area contributed by atoms with Crippen LogP contribution in [0.1, 0.15) is 6.42 Å². The Morgan fingerprint density at radius 1 is 1.00 bits per heavy atom. The van der Waals surface area contributed by atoms with Gasteiger partial charge in [0.2, 0.25) is 0 Å². The number of rotatable bonds is 3. The van der Waals surface area contributed by atoms with Gasteiger partial charge in [0.25, 0.3) is 0 Å². The summed E-state index contributed by atoms with van der Waals surface area (Å²) in [7, 11) is 0. The fraction of sp³-hybridized carbons (Fsp3) is 0.333. The topological polar surface area (TPSA) is 12.0 Å². The largest absolute Gasteiger partial charge is 0.390 e. The molecule has 16 heavy (non-hydrogen) atoms. The van der Waals surface area contributed by atoms with Crippen LogP contribution in [0.2, 0.25) is 0 Å². The molecule has 0 radical (unpaired) electrons. The van der Waals surface area contributed by atoms with Crippen LogP contribution in [0, 0.1) is 17.5 Å². The Labute approximate surface area is 87.1 Å². The molecule has 0 aliphatic rings. The summed E-state index contributed by atoms with van der Waals surface area (Å²) in [5.74, 6) is -4.55. The quantitative estimate of drug-likeness (QED) is 0.633. The second-order valence-corrected chi connectivity index (χ2v) is 3.05. The van der Waals surface area contributed by atoms with Crippen LogP contribution in [0.4, 0.5) is 32.0 Å². The summed E-state index contributed by atoms with van der Waals surface area (Å²) in [6.45, 7) is -0.534. The van der Waals surface area contributed by atoms with Gasteiger partial charge in [0, 0.05) is 24.4 Å². The minimum Gasteiger partial charge on any atom is -0.385 e. The highest BCUT2D eigenvalue weighted by molar-refractivity contribution is 5.44. The van der Waals surface area contributed by atoms with Crippen LogP contribution in [0.3, 0.4) is 0 Å². The molecule has 0 unspecified atom stereocenters. The van der Waals surface area contributed by atoms with E-state index in [-0.39, 0.29) is 5.69 Å². The van der Waals surface area contributed by atoms with Crippen molar-refractivity contribution in [2.24, 2.45) is 0 Å². The van der Waals surface area contributed by atoms with Crippen LogP contribution >= 0.6 is 0 Å². The van der Waals surface area contributed by atoms with Crippen molar-refractivity contribution in [2.45, 2.75) is 12.6 Å². The van der Waals surface area contributed by atoms with Gasteiger partial charge in [0.1, 0.15) is 0 Å². The molecule has 7 heteroatoms. The van der Waals surface area contributed by atoms with Gasteiger partial charge in [0.15, 0.2) is 17.5 Å². The first-order valence-electron chi connectivity index (χ1n) is 4.25. The molecule has 90 valence electrons. The molecule has 1 aromatic rings. The molecule has 0 heterocycles. The van der Waals surface area contributed by atoms with Crippen LogP contribution in [-0.4, -0.2) is 12.7 Å². The zero-order valence-corrected chi connectivity index (χ0v) is 7.84. The Morgan fingerprint density at radius 2 is 1.50 bits per heavy atom. The van der Waals surface area contributed by atoms with E-state index in [1.54, 1.807) is 0 Å².